The Morgan fingerprint density at radius 1 is 1.04 bits per heavy atom. The summed E-state index contributed by atoms with van der Waals surface area (Å²) in [5.41, 5.74) is 2.13. The zero-order valence-corrected chi connectivity index (χ0v) is 14.9. The normalized spacial score (nSPS) is 13.9. The maximum atomic E-state index is 13.7. The fourth-order valence-corrected chi connectivity index (χ4v) is 2.93. The molecule has 28 heavy (non-hydrogen) atoms. The van der Waals surface area contributed by atoms with Crippen molar-refractivity contribution in [2.45, 2.75) is 6.92 Å². The van der Waals surface area contributed by atoms with E-state index >= 15 is 0 Å². The Kier molecular flexibility index (Phi) is 4.49. The van der Waals surface area contributed by atoms with Crippen molar-refractivity contribution < 1.29 is 23.5 Å². The number of hydrogen-bond acceptors (Lipinski definition) is 4. The van der Waals surface area contributed by atoms with E-state index < -0.39 is 11.8 Å². The number of carbonyl (C=O) groups is 2. The predicted octanol–water partition coefficient (Wildman–Crippen LogP) is 4.97. The minimum atomic E-state index is -0.821. The molecule has 0 radical (unpaired) electrons. The van der Waals surface area contributed by atoms with Crippen molar-refractivity contribution in [3.8, 4) is 11.5 Å². The van der Waals surface area contributed by atoms with Gasteiger partial charge in [-0.1, -0.05) is 42.0 Å². The molecule has 0 saturated carbocycles. The molecular weight excluding hydrogens is 359 g/mol. The first-order valence-electron chi connectivity index (χ1n) is 8.63. The zero-order chi connectivity index (χ0) is 19.7. The number of Topliss-reactive ketones (excluding diaryl/α,β-unsaturated/α-hetero) is 1. The molecule has 4 rings (SSSR count). The van der Waals surface area contributed by atoms with Crippen LogP contribution in [0.4, 0.5) is 4.39 Å². The molecule has 0 aromatic heterocycles. The minimum Gasteiger partial charge on any atom is -0.452 e. The fourth-order valence-electron chi connectivity index (χ4n) is 2.93. The fraction of sp³-hybridized carbons (Fsp3) is 0.0435. The van der Waals surface area contributed by atoms with Gasteiger partial charge in [-0.25, -0.2) is 9.18 Å². The number of benzene rings is 3. The summed E-state index contributed by atoms with van der Waals surface area (Å²) in [5.74, 6) is -1.08. The second-order valence-corrected chi connectivity index (χ2v) is 6.38. The summed E-state index contributed by atoms with van der Waals surface area (Å²) in [6.45, 7) is 1.96. The third-order valence-electron chi connectivity index (χ3n) is 4.29. The first-order valence-corrected chi connectivity index (χ1v) is 8.63. The number of ketones is 1. The number of halogens is 1. The minimum absolute atomic E-state index is 0.164. The van der Waals surface area contributed by atoms with Crippen molar-refractivity contribution in [3.05, 3.63) is 101 Å². The molecule has 0 amide bonds. The van der Waals surface area contributed by atoms with Crippen molar-refractivity contribution >= 4 is 17.8 Å². The smallest absolute Gasteiger partial charge is 0.346 e. The number of carbonyl (C=O) groups excluding carboxylic acids is 2. The summed E-state index contributed by atoms with van der Waals surface area (Å²) in [7, 11) is 0. The van der Waals surface area contributed by atoms with E-state index in [9.17, 15) is 14.0 Å². The van der Waals surface area contributed by atoms with Crippen LogP contribution < -0.4 is 9.47 Å². The molecule has 138 valence electrons. The van der Waals surface area contributed by atoms with Gasteiger partial charge in [0.05, 0.1) is 11.1 Å². The molecule has 0 spiro atoms. The average Bonchev–Trinajstić information content (AvgIpc) is 2.97. The van der Waals surface area contributed by atoms with Crippen LogP contribution in [-0.2, 0) is 0 Å². The highest BCUT2D eigenvalue weighted by molar-refractivity contribution is 6.14. The molecular formula is C23H15FO4. The molecule has 1 aliphatic heterocycles. The van der Waals surface area contributed by atoms with Crippen LogP contribution >= 0.6 is 0 Å². The maximum Gasteiger partial charge on any atom is 0.346 e. The SMILES string of the molecule is Cc1cccc(C=C2Oc3cc(OC(=O)c4ccccc4F)ccc3C2=O)c1. The predicted molar refractivity (Wildman–Crippen MR) is 102 cm³/mol. The first kappa shape index (κ1) is 17.7. The number of ether oxygens (including phenoxy) is 2. The molecule has 4 nitrogen and oxygen atoms in total. The van der Waals surface area contributed by atoms with Crippen molar-refractivity contribution in [2.75, 3.05) is 0 Å². The second kappa shape index (κ2) is 7.12. The molecule has 3 aromatic rings. The van der Waals surface area contributed by atoms with Crippen LogP contribution in [0.5, 0.6) is 11.5 Å². The summed E-state index contributed by atoms with van der Waals surface area (Å²) in [5, 5.41) is 0. The van der Waals surface area contributed by atoms with Gasteiger partial charge in [0.2, 0.25) is 5.78 Å². The van der Waals surface area contributed by atoms with E-state index in [1.165, 1.54) is 36.4 Å². The third-order valence-corrected chi connectivity index (χ3v) is 4.29. The van der Waals surface area contributed by atoms with E-state index in [-0.39, 0.29) is 22.9 Å². The number of allylic oxidation sites excluding steroid dienone is 1. The van der Waals surface area contributed by atoms with Crippen molar-refractivity contribution in [1.29, 1.82) is 0 Å². The zero-order valence-electron chi connectivity index (χ0n) is 14.9. The van der Waals surface area contributed by atoms with E-state index in [4.69, 9.17) is 9.47 Å². The van der Waals surface area contributed by atoms with Gasteiger partial charge < -0.3 is 9.47 Å². The van der Waals surface area contributed by atoms with Crippen molar-refractivity contribution in [1.82, 2.24) is 0 Å². The van der Waals surface area contributed by atoms with Gasteiger partial charge in [0.1, 0.15) is 17.3 Å². The summed E-state index contributed by atoms with van der Waals surface area (Å²) < 4.78 is 24.6. The quantitative estimate of drug-likeness (QED) is 0.369. The Morgan fingerprint density at radius 3 is 2.64 bits per heavy atom. The van der Waals surface area contributed by atoms with Crippen LogP contribution in [0.15, 0.2) is 72.5 Å². The maximum absolute atomic E-state index is 13.7. The molecule has 5 heteroatoms. The monoisotopic (exact) mass is 374 g/mol. The van der Waals surface area contributed by atoms with Crippen LogP contribution in [0, 0.1) is 12.7 Å². The Bertz CT molecular complexity index is 1130. The lowest BCUT2D eigenvalue weighted by Crippen LogP contribution is -2.10. The Hall–Kier alpha value is -3.73. The van der Waals surface area contributed by atoms with Gasteiger partial charge in [-0.2, -0.15) is 0 Å². The highest BCUT2D eigenvalue weighted by atomic mass is 19.1. The summed E-state index contributed by atoms with van der Waals surface area (Å²) in [6, 6.07) is 17.7. The standard InChI is InChI=1S/C23H15FO4/c1-14-5-4-6-15(11-14)12-21-22(25)18-10-9-16(13-20(18)28-21)27-23(26)17-7-2-3-8-19(17)24/h2-13H,1H3. The molecule has 1 aliphatic rings. The van der Waals surface area contributed by atoms with Gasteiger partial charge in [0, 0.05) is 6.07 Å². The molecule has 0 N–H and O–H groups in total. The Labute approximate surface area is 160 Å². The number of aryl methyl sites for hydroxylation is 1. The Balaban J connectivity index is 1.57. The lowest BCUT2D eigenvalue weighted by molar-refractivity contribution is 0.0729. The summed E-state index contributed by atoms with van der Waals surface area (Å²) in [4.78, 5) is 24.7. The van der Waals surface area contributed by atoms with E-state index in [1.807, 2.05) is 31.2 Å². The van der Waals surface area contributed by atoms with E-state index in [0.29, 0.717) is 11.3 Å². The topological polar surface area (TPSA) is 52.6 Å². The van der Waals surface area contributed by atoms with Crippen LogP contribution in [0.3, 0.4) is 0 Å². The molecule has 0 bridgehead atoms. The molecule has 0 fully saturated rings. The molecule has 0 aliphatic carbocycles. The number of rotatable bonds is 3. The largest absolute Gasteiger partial charge is 0.452 e. The van der Waals surface area contributed by atoms with Gasteiger partial charge in [0.25, 0.3) is 0 Å². The van der Waals surface area contributed by atoms with E-state index in [1.54, 1.807) is 12.1 Å². The Morgan fingerprint density at radius 2 is 1.86 bits per heavy atom. The van der Waals surface area contributed by atoms with Crippen LogP contribution in [0.2, 0.25) is 0 Å². The second-order valence-electron chi connectivity index (χ2n) is 6.38. The van der Waals surface area contributed by atoms with E-state index in [0.717, 1.165) is 11.1 Å². The van der Waals surface area contributed by atoms with Gasteiger partial charge in [-0.05, 0) is 42.8 Å². The average molecular weight is 374 g/mol. The third kappa shape index (κ3) is 3.42. The van der Waals surface area contributed by atoms with Crippen LogP contribution in [0.1, 0.15) is 31.8 Å². The molecule has 0 atom stereocenters. The van der Waals surface area contributed by atoms with Gasteiger partial charge in [0.15, 0.2) is 5.76 Å². The van der Waals surface area contributed by atoms with Gasteiger partial charge in [-0.3, -0.25) is 4.79 Å². The molecule has 1 heterocycles. The lowest BCUT2D eigenvalue weighted by Gasteiger charge is -2.06. The van der Waals surface area contributed by atoms with E-state index in [2.05, 4.69) is 0 Å². The first-order chi connectivity index (χ1) is 13.5. The lowest BCUT2D eigenvalue weighted by atomic mass is 10.1. The highest BCUT2D eigenvalue weighted by Gasteiger charge is 2.28. The van der Waals surface area contributed by atoms with Crippen molar-refractivity contribution in [3.63, 3.8) is 0 Å². The van der Waals surface area contributed by atoms with Crippen LogP contribution in [-0.4, -0.2) is 11.8 Å². The van der Waals surface area contributed by atoms with Gasteiger partial charge >= 0.3 is 5.97 Å². The summed E-state index contributed by atoms with van der Waals surface area (Å²) in [6.07, 6.45) is 1.67. The number of hydrogen-bond donors (Lipinski definition) is 0. The molecule has 0 saturated heterocycles. The molecule has 3 aromatic carbocycles. The summed E-state index contributed by atoms with van der Waals surface area (Å²) >= 11 is 0. The number of esters is 1. The molecule has 0 unspecified atom stereocenters. The van der Waals surface area contributed by atoms with Gasteiger partial charge in [-0.15, -0.1) is 0 Å². The number of fused-ring (bicyclic) bond motifs is 1. The highest BCUT2D eigenvalue weighted by Crippen LogP contribution is 2.35. The van der Waals surface area contributed by atoms with Crippen LogP contribution in [0.25, 0.3) is 6.08 Å². The van der Waals surface area contributed by atoms with Crippen molar-refractivity contribution in [2.24, 2.45) is 0 Å².